The van der Waals surface area contributed by atoms with Gasteiger partial charge in [-0.3, -0.25) is 0 Å². The van der Waals surface area contributed by atoms with Crippen molar-refractivity contribution in [3.05, 3.63) is 40.5 Å². The van der Waals surface area contributed by atoms with E-state index in [1.54, 1.807) is 23.1 Å². The average molecular weight is 407 g/mol. The molecule has 3 rings (SSSR count). The Labute approximate surface area is 165 Å². The first-order valence-corrected chi connectivity index (χ1v) is 8.94. The zero-order valence-corrected chi connectivity index (χ0v) is 15.8. The van der Waals surface area contributed by atoms with Crippen LogP contribution in [-0.4, -0.2) is 51.8 Å². The Hall–Kier alpha value is -3.07. The molecule has 2 heterocycles. The number of anilines is 2. The number of benzene rings is 1. The summed E-state index contributed by atoms with van der Waals surface area (Å²) in [6.45, 7) is 0.764. The summed E-state index contributed by atoms with van der Waals surface area (Å²) in [5.74, 6) is -1.30. The number of rotatable bonds is 7. The number of carboxylic acid groups (broad SMARTS) is 2. The zero-order chi connectivity index (χ0) is 20.3. The molecule has 0 unspecified atom stereocenters. The van der Waals surface area contributed by atoms with Gasteiger partial charge in [-0.2, -0.15) is 4.98 Å². The van der Waals surface area contributed by atoms with Crippen LogP contribution in [-0.2, 0) is 11.3 Å². The highest BCUT2D eigenvalue weighted by Crippen LogP contribution is 2.27. The minimum atomic E-state index is -1.18. The van der Waals surface area contributed by atoms with Crippen LogP contribution in [0.5, 0.6) is 5.75 Å². The first-order chi connectivity index (χ1) is 13.4. The number of aromatic nitrogens is 2. The Morgan fingerprint density at radius 2 is 2.18 bits per heavy atom. The maximum absolute atomic E-state index is 11.5. The number of methoxy groups -OCH3 is 1. The van der Waals surface area contributed by atoms with Crippen molar-refractivity contribution in [2.75, 3.05) is 23.9 Å². The number of hydrogen-bond acceptors (Lipinski definition) is 7. The summed E-state index contributed by atoms with van der Waals surface area (Å²) in [5.41, 5.74) is 0.696. The molecule has 1 saturated heterocycles. The molecule has 2 aromatic rings. The van der Waals surface area contributed by atoms with Crippen molar-refractivity contribution in [2.45, 2.75) is 25.4 Å². The molecule has 10 heteroatoms. The van der Waals surface area contributed by atoms with Crippen LogP contribution in [0.1, 0.15) is 28.8 Å². The third-order valence-corrected chi connectivity index (χ3v) is 4.77. The highest BCUT2D eigenvalue weighted by atomic mass is 35.5. The van der Waals surface area contributed by atoms with E-state index < -0.39 is 18.0 Å². The molecule has 28 heavy (non-hydrogen) atoms. The highest BCUT2D eigenvalue weighted by molar-refractivity contribution is 6.32. The summed E-state index contributed by atoms with van der Waals surface area (Å²) in [7, 11) is 1.52. The first kappa shape index (κ1) is 19.7. The third-order valence-electron chi connectivity index (χ3n) is 4.48. The first-order valence-electron chi connectivity index (χ1n) is 8.56. The summed E-state index contributed by atoms with van der Waals surface area (Å²) in [6, 6.07) is 4.49. The summed E-state index contributed by atoms with van der Waals surface area (Å²) in [5, 5.41) is 22.2. The number of nitrogens with zero attached hydrogens (tertiary/aromatic N) is 3. The number of ether oxygens (including phenoxy) is 1. The molecule has 1 aliphatic rings. The fourth-order valence-electron chi connectivity index (χ4n) is 3.07. The van der Waals surface area contributed by atoms with Crippen molar-refractivity contribution in [1.29, 1.82) is 0 Å². The summed E-state index contributed by atoms with van der Waals surface area (Å²) in [6.07, 6.45) is 2.38. The van der Waals surface area contributed by atoms with Gasteiger partial charge in [-0.15, -0.1) is 0 Å². The molecule has 3 N–H and O–H groups in total. The molecule has 0 saturated carbocycles. The molecular weight excluding hydrogens is 388 g/mol. The van der Waals surface area contributed by atoms with Gasteiger partial charge in [-0.1, -0.05) is 17.7 Å². The molecular formula is C18H19ClN4O5. The van der Waals surface area contributed by atoms with Crippen LogP contribution < -0.4 is 15.0 Å². The van der Waals surface area contributed by atoms with Gasteiger partial charge in [-0.05, 0) is 30.5 Å². The van der Waals surface area contributed by atoms with Gasteiger partial charge >= 0.3 is 11.9 Å². The molecule has 1 fully saturated rings. The standard InChI is InChI=1S/C18H19ClN4O5/c1-28-14-5-4-10(7-12(14)19)8-20-15-11(16(24)25)9-21-18(22-15)23-6-2-3-13(23)17(26)27/h4-5,7,9,13H,2-3,6,8H2,1H3,(H,24,25)(H,26,27)(H,20,21,22)/t13-/m1/s1. The van der Waals surface area contributed by atoms with Crippen LogP contribution in [0.4, 0.5) is 11.8 Å². The van der Waals surface area contributed by atoms with Gasteiger partial charge in [0.1, 0.15) is 23.2 Å². The zero-order valence-electron chi connectivity index (χ0n) is 15.1. The van der Waals surface area contributed by atoms with E-state index in [9.17, 15) is 19.8 Å². The molecule has 0 spiro atoms. The number of aliphatic carboxylic acids is 1. The minimum absolute atomic E-state index is 0.102. The second-order valence-corrected chi connectivity index (χ2v) is 6.66. The monoisotopic (exact) mass is 406 g/mol. The Kier molecular flexibility index (Phi) is 5.84. The highest BCUT2D eigenvalue weighted by Gasteiger charge is 2.32. The summed E-state index contributed by atoms with van der Waals surface area (Å²) >= 11 is 6.12. The summed E-state index contributed by atoms with van der Waals surface area (Å²) in [4.78, 5) is 32.8. The lowest BCUT2D eigenvalue weighted by Crippen LogP contribution is -2.37. The number of aromatic carboxylic acids is 1. The van der Waals surface area contributed by atoms with Gasteiger partial charge in [-0.25, -0.2) is 14.6 Å². The van der Waals surface area contributed by atoms with E-state index in [4.69, 9.17) is 16.3 Å². The van der Waals surface area contributed by atoms with E-state index in [2.05, 4.69) is 15.3 Å². The lowest BCUT2D eigenvalue weighted by atomic mass is 10.2. The molecule has 1 atom stereocenters. The number of carbonyl (C=O) groups is 2. The maximum Gasteiger partial charge on any atom is 0.341 e. The second kappa shape index (κ2) is 8.30. The number of hydrogen-bond donors (Lipinski definition) is 3. The fourth-order valence-corrected chi connectivity index (χ4v) is 3.35. The van der Waals surface area contributed by atoms with E-state index >= 15 is 0 Å². The summed E-state index contributed by atoms with van der Waals surface area (Å²) < 4.78 is 5.11. The minimum Gasteiger partial charge on any atom is -0.495 e. The second-order valence-electron chi connectivity index (χ2n) is 6.25. The topological polar surface area (TPSA) is 125 Å². The Morgan fingerprint density at radius 3 is 2.82 bits per heavy atom. The maximum atomic E-state index is 11.5. The van der Waals surface area contributed by atoms with Crippen LogP contribution in [0, 0.1) is 0 Å². The van der Waals surface area contributed by atoms with Crippen molar-refractivity contribution in [1.82, 2.24) is 9.97 Å². The molecule has 9 nitrogen and oxygen atoms in total. The predicted molar refractivity (Wildman–Crippen MR) is 102 cm³/mol. The fraction of sp³-hybridized carbons (Fsp3) is 0.333. The van der Waals surface area contributed by atoms with Gasteiger partial charge in [0, 0.05) is 19.3 Å². The smallest absolute Gasteiger partial charge is 0.341 e. The van der Waals surface area contributed by atoms with Crippen molar-refractivity contribution in [3.63, 3.8) is 0 Å². The van der Waals surface area contributed by atoms with Crippen LogP contribution in [0.2, 0.25) is 5.02 Å². The van der Waals surface area contributed by atoms with Crippen LogP contribution in [0.15, 0.2) is 24.4 Å². The number of halogens is 1. The van der Waals surface area contributed by atoms with Crippen molar-refractivity contribution >= 4 is 35.3 Å². The van der Waals surface area contributed by atoms with Crippen LogP contribution in [0.3, 0.4) is 0 Å². The normalized spacial score (nSPS) is 16.1. The molecule has 148 valence electrons. The SMILES string of the molecule is COc1ccc(CNc2nc(N3CCC[C@@H]3C(=O)O)ncc2C(=O)O)cc1Cl. The predicted octanol–water partition coefficient (Wildman–Crippen LogP) is 2.50. The molecule has 1 aromatic carbocycles. The Balaban J connectivity index is 1.85. The molecule has 0 radical (unpaired) electrons. The molecule has 1 aromatic heterocycles. The molecule has 1 aliphatic heterocycles. The van der Waals surface area contributed by atoms with E-state index in [0.717, 1.165) is 5.56 Å². The van der Waals surface area contributed by atoms with Gasteiger partial charge in [0.05, 0.1) is 12.1 Å². The van der Waals surface area contributed by atoms with Crippen LogP contribution in [0.25, 0.3) is 0 Å². The van der Waals surface area contributed by atoms with Gasteiger partial charge < -0.3 is 25.2 Å². The van der Waals surface area contributed by atoms with E-state index in [0.29, 0.717) is 30.2 Å². The van der Waals surface area contributed by atoms with Gasteiger partial charge in [0.15, 0.2) is 0 Å². The lowest BCUT2D eigenvalue weighted by Gasteiger charge is -2.22. The average Bonchev–Trinajstić information content (AvgIpc) is 3.16. The Morgan fingerprint density at radius 1 is 1.39 bits per heavy atom. The molecule has 0 bridgehead atoms. The molecule has 0 aliphatic carbocycles. The van der Waals surface area contributed by atoms with E-state index in [1.165, 1.54) is 13.3 Å². The third kappa shape index (κ3) is 4.09. The van der Waals surface area contributed by atoms with Crippen LogP contribution >= 0.6 is 11.6 Å². The number of carboxylic acids is 2. The van der Waals surface area contributed by atoms with Gasteiger partial charge in [0.25, 0.3) is 0 Å². The van der Waals surface area contributed by atoms with E-state index in [-0.39, 0.29) is 23.9 Å². The van der Waals surface area contributed by atoms with E-state index in [1.807, 2.05) is 0 Å². The van der Waals surface area contributed by atoms with Crippen molar-refractivity contribution in [2.24, 2.45) is 0 Å². The Bertz CT molecular complexity index is 908. The van der Waals surface area contributed by atoms with Gasteiger partial charge in [0.2, 0.25) is 5.95 Å². The molecule has 0 amide bonds. The number of nitrogens with one attached hydrogen (secondary N) is 1. The van der Waals surface area contributed by atoms with Crippen molar-refractivity contribution < 1.29 is 24.5 Å². The quantitative estimate of drug-likeness (QED) is 0.635. The lowest BCUT2D eigenvalue weighted by molar-refractivity contribution is -0.138. The van der Waals surface area contributed by atoms with Crippen molar-refractivity contribution in [3.8, 4) is 5.75 Å². The largest absolute Gasteiger partial charge is 0.495 e.